The highest BCUT2D eigenvalue weighted by Gasteiger charge is 2.39. The molecule has 0 atom stereocenters. The number of carbonyl (C=O) groups excluding carboxylic acids is 2. The largest absolute Gasteiger partial charge is 0.506 e. The number of anilines is 1. The summed E-state index contributed by atoms with van der Waals surface area (Å²) in [7, 11) is -2.71. The summed E-state index contributed by atoms with van der Waals surface area (Å²) in [5.41, 5.74) is 18.0. The first kappa shape index (κ1) is 70.8. The smallest absolute Gasteiger partial charge is 0.292 e. The van der Waals surface area contributed by atoms with E-state index in [1.165, 1.54) is 31.8 Å². The van der Waals surface area contributed by atoms with Crippen molar-refractivity contribution in [3.8, 4) is 12.1 Å². The van der Waals surface area contributed by atoms with Gasteiger partial charge in [0.25, 0.3) is 11.4 Å². The second kappa shape index (κ2) is 34.7. The fourth-order valence-corrected chi connectivity index (χ4v) is 15.5. The van der Waals surface area contributed by atoms with E-state index >= 15 is 0 Å². The predicted molar refractivity (Wildman–Crippen MR) is 386 cm³/mol. The van der Waals surface area contributed by atoms with Crippen LogP contribution in [0.15, 0.2) is 316 Å². The van der Waals surface area contributed by atoms with E-state index in [1.807, 2.05) is 60.7 Å². The summed E-state index contributed by atoms with van der Waals surface area (Å²) in [6, 6.07) is 88.5. The van der Waals surface area contributed by atoms with Crippen LogP contribution in [-0.2, 0) is 9.47 Å². The van der Waals surface area contributed by atoms with Crippen LogP contribution >= 0.6 is 15.0 Å². The fraction of sp³-hybridized carbons (Fsp3) is 0.0886. The van der Waals surface area contributed by atoms with Crippen molar-refractivity contribution in [3.63, 3.8) is 0 Å². The van der Waals surface area contributed by atoms with Gasteiger partial charge in [-0.2, -0.15) is 0 Å². The molecule has 0 amide bonds. The zero-order chi connectivity index (χ0) is 68.9. The third-order valence-corrected chi connectivity index (χ3v) is 20.8. The second-order valence-corrected chi connectivity index (χ2v) is 26.9. The molecule has 17 heteroatoms. The average molecular weight is 1290 g/mol. The molecule has 2 aliphatic rings. The minimum atomic E-state index is -2.26. The number of nitrogens with zero attached hydrogens (tertiary/aromatic N) is 10. The Morgan fingerprint density at radius 2 is 0.854 bits per heavy atom. The van der Waals surface area contributed by atoms with Crippen molar-refractivity contribution in [2.45, 2.75) is 45.8 Å². The maximum absolute atomic E-state index is 11.0. The molecule has 96 heavy (non-hydrogen) atoms. The number of benzene rings is 9. The minimum Gasteiger partial charge on any atom is -0.506 e. The van der Waals surface area contributed by atoms with Crippen LogP contribution in [0.5, 0.6) is 0 Å². The van der Waals surface area contributed by atoms with Gasteiger partial charge in [-0.15, -0.1) is 0 Å². The average Bonchev–Trinajstić information content (AvgIpc) is 0.917. The highest BCUT2D eigenvalue weighted by atomic mass is 31.2. The van der Waals surface area contributed by atoms with Crippen LogP contribution in [0.3, 0.4) is 0 Å². The summed E-state index contributed by atoms with van der Waals surface area (Å²) in [5.74, 6) is 0.171. The first-order chi connectivity index (χ1) is 46.5. The monoisotopic (exact) mass is 1290 g/mol. The van der Waals surface area contributed by atoms with Crippen molar-refractivity contribution in [2.24, 2.45) is 9.86 Å². The Morgan fingerprint density at radius 1 is 0.500 bits per heavy atom. The number of nitrogens with two attached hydrogens (primary N) is 1. The third-order valence-electron chi connectivity index (χ3n) is 14.7. The van der Waals surface area contributed by atoms with E-state index in [4.69, 9.17) is 62.3 Å². The molecule has 468 valence electrons. The molecule has 11 rings (SSSR count). The lowest BCUT2D eigenvalue weighted by Gasteiger charge is -2.27. The Morgan fingerprint density at radius 3 is 1.21 bits per heavy atom. The number of allylic oxidation sites excluding steroid dienone is 2. The Balaban J connectivity index is 0.000000175. The summed E-state index contributed by atoms with van der Waals surface area (Å²) in [5, 5.41) is 28.9. The maximum Gasteiger partial charge on any atom is 0.292 e. The van der Waals surface area contributed by atoms with Crippen LogP contribution in [-0.4, -0.2) is 23.8 Å². The van der Waals surface area contributed by atoms with Crippen LogP contribution in [0.2, 0.25) is 0 Å². The topological polar surface area (TPSA) is 205 Å². The number of aldehydes is 2. The van der Waals surface area contributed by atoms with Gasteiger partial charge >= 0.3 is 0 Å². The number of hydrogen-bond acceptors (Lipinski definition) is 9. The van der Waals surface area contributed by atoms with Gasteiger partial charge < -0.3 is 15.2 Å². The predicted octanol–water partition coefficient (Wildman–Crippen LogP) is 17.8. The highest BCUT2D eigenvalue weighted by Crippen LogP contribution is 2.49. The number of nitriles is 2. The lowest BCUT2D eigenvalue weighted by atomic mass is 9.96. The van der Waals surface area contributed by atoms with Gasteiger partial charge in [-0.05, 0) is 112 Å². The molecule has 0 radical (unpaired) electrons. The fourth-order valence-electron chi connectivity index (χ4n) is 9.68. The van der Waals surface area contributed by atoms with Crippen molar-refractivity contribution in [1.82, 2.24) is 0 Å². The molecule has 0 aromatic heterocycles. The van der Waals surface area contributed by atoms with Gasteiger partial charge in [0, 0.05) is 48.9 Å². The highest BCUT2D eigenvalue weighted by molar-refractivity contribution is 7.87. The van der Waals surface area contributed by atoms with E-state index in [2.05, 4.69) is 193 Å². The van der Waals surface area contributed by atoms with E-state index in [-0.39, 0.29) is 34.3 Å². The molecule has 0 saturated heterocycles. The summed E-state index contributed by atoms with van der Waals surface area (Å²) in [6.45, 7) is 37.3. The first-order valence-corrected chi connectivity index (χ1v) is 32.7. The molecule has 0 spiro atoms. The van der Waals surface area contributed by atoms with E-state index in [1.54, 1.807) is 89.2 Å². The van der Waals surface area contributed by atoms with Crippen LogP contribution in [0, 0.1) is 49.0 Å². The Bertz CT molecular complexity index is 4510. The second-order valence-electron chi connectivity index (χ2n) is 21.7. The number of nitrogen functional groups attached to an aromatic ring is 1. The van der Waals surface area contributed by atoms with Crippen LogP contribution in [0.1, 0.15) is 60.9 Å². The number of carbonyl (C=O) groups is 2. The molecular weight excluding hydrogens is 1230 g/mol. The Labute approximate surface area is 561 Å². The Hall–Kier alpha value is -12.7. The molecule has 0 saturated carbocycles. The quantitative estimate of drug-likeness (QED) is 0.0183. The van der Waals surface area contributed by atoms with Crippen molar-refractivity contribution in [1.29, 1.82) is 10.5 Å². The summed E-state index contributed by atoms with van der Waals surface area (Å²) < 4.78 is 16.5. The molecule has 0 fully saturated rings. The Kier molecular flexibility index (Phi) is 25.6. The van der Waals surface area contributed by atoms with Gasteiger partial charge in [-0.1, -0.05) is 236 Å². The minimum absolute atomic E-state index is 0.0551. The van der Waals surface area contributed by atoms with Crippen LogP contribution in [0.4, 0.5) is 17.1 Å². The van der Waals surface area contributed by atoms with Gasteiger partial charge in [-0.3, -0.25) is 14.3 Å². The zero-order valence-electron chi connectivity index (χ0n) is 53.1. The van der Waals surface area contributed by atoms with Gasteiger partial charge in [0.15, 0.2) is 0 Å². The lowest BCUT2D eigenvalue weighted by Crippen LogP contribution is -2.25. The van der Waals surface area contributed by atoms with Crippen LogP contribution < -0.4 is 37.6 Å². The van der Waals surface area contributed by atoms with Crippen molar-refractivity contribution in [3.05, 3.63) is 379 Å². The van der Waals surface area contributed by atoms with Crippen molar-refractivity contribution < 1.29 is 19.1 Å². The zero-order valence-corrected chi connectivity index (χ0v) is 54.9. The summed E-state index contributed by atoms with van der Waals surface area (Å²) in [6.07, 6.45) is 5.22. The molecule has 9 aromatic rings. The molecule has 0 bridgehead atoms. The summed E-state index contributed by atoms with van der Waals surface area (Å²) in [4.78, 5) is 36.8. The third kappa shape index (κ3) is 18.1. The molecular formula is C79H63N11O4P2. The maximum atomic E-state index is 11.0. The molecule has 0 aliphatic carbocycles. The van der Waals surface area contributed by atoms with Crippen molar-refractivity contribution >= 4 is 82.5 Å². The number of rotatable bonds is 12. The molecule has 2 heterocycles. The van der Waals surface area contributed by atoms with E-state index in [9.17, 15) is 9.59 Å². The number of ether oxygens (including phenoxy) is 2. The van der Waals surface area contributed by atoms with Crippen LogP contribution in [0.25, 0.3) is 35.9 Å². The molecule has 2 aliphatic heterocycles. The lowest BCUT2D eigenvalue weighted by molar-refractivity contribution is 0.0925. The number of azide groups is 1. The molecule has 15 nitrogen and oxygen atoms in total. The normalized spacial score (nSPS) is 13.9. The molecule has 0 unspecified atom stereocenters. The van der Waals surface area contributed by atoms with E-state index < -0.39 is 26.2 Å². The van der Waals surface area contributed by atoms with Gasteiger partial charge in [0.2, 0.25) is 11.4 Å². The molecule has 9 aromatic carbocycles. The first-order valence-electron chi connectivity index (χ1n) is 29.6. The SMILES string of the molecule is O=Cc1ccc(N=P(c2ccccc2)(c2ccccc2)c2ccccc2)cc1.[C-]#[N+]C1=C(/C=C/c2ccc(N)cc2)C(C)(C)O/C1=C(\C#N)[N+]#[C-].[C-]#[N+]C1=C(C)C(C)(C)O/C1=C(\C#N)[N+]#[C-].[N-]=[N+]=Nc1ccc(C=O)cc1.c1ccc(P(c2ccccc2)c2ccccc2)cc1. The van der Waals surface area contributed by atoms with Gasteiger partial charge in [0.1, 0.15) is 35.3 Å². The van der Waals surface area contributed by atoms with E-state index in [0.29, 0.717) is 28.1 Å². The molecule has 2 N–H and O–H groups in total. The van der Waals surface area contributed by atoms with Gasteiger partial charge in [0.05, 0.1) is 51.2 Å². The standard InChI is InChI=1S/C25H20NOP.C18H14N4O.C18H15P.C11H9N3O.C7H5N3O/c27-20-21-16-18-22(19-17-21)26-28(23-10-4-1-5-11-23,24-12-6-2-7-13-24)25-14-8-3-9-15-25;1-18(2)14(10-7-12-5-8-13(20)9-6-12)16(22-4)17(23-18)15(11-19)21-3;1-4-10-16(11-5-1)19(17-12-6-2-7-13-17)18-14-8-3-9-15-18;1-7-9(14-5)10(8(6-12)13-4)15-11(7,2)3;8-10-9-7-3-1-6(5-11)2-4-7/h1-20H;5-10H,20H2,1-2H3;1-15H;1-3H3;1-5H/b;10-7+,17-15+;;10-8+;. The number of hydrogen-bond donors (Lipinski definition) is 1. The van der Waals surface area contributed by atoms with Crippen molar-refractivity contribution in [2.75, 3.05) is 5.73 Å². The van der Waals surface area contributed by atoms with Gasteiger partial charge in [-0.25, -0.2) is 29.9 Å². The summed E-state index contributed by atoms with van der Waals surface area (Å²) >= 11 is 0. The van der Waals surface area contributed by atoms with E-state index in [0.717, 1.165) is 29.4 Å².